The van der Waals surface area contributed by atoms with Crippen molar-refractivity contribution in [3.8, 4) is 0 Å². The van der Waals surface area contributed by atoms with Crippen LogP contribution in [0.3, 0.4) is 0 Å². The van der Waals surface area contributed by atoms with Crippen LogP contribution in [0.1, 0.15) is 22.5 Å². The number of nitrogens with zero attached hydrogens (tertiary/aromatic N) is 3. The second kappa shape index (κ2) is 5.71. The Bertz CT molecular complexity index is 610. The SMILES string of the molecule is Cc1ncnc2c1CCN(C(=O)Cc1ccsc1)CC2. The minimum absolute atomic E-state index is 0.210. The number of aryl methyl sites for hydroxylation is 1. The maximum absolute atomic E-state index is 12.3. The molecule has 1 aliphatic heterocycles. The Morgan fingerprint density at radius 2 is 2.20 bits per heavy atom. The molecule has 3 heterocycles. The molecule has 5 heteroatoms. The van der Waals surface area contributed by atoms with E-state index in [1.54, 1.807) is 17.7 Å². The topological polar surface area (TPSA) is 46.1 Å². The summed E-state index contributed by atoms with van der Waals surface area (Å²) in [6.45, 7) is 3.54. The van der Waals surface area contributed by atoms with Crippen molar-refractivity contribution in [2.45, 2.75) is 26.2 Å². The first-order valence-corrected chi connectivity index (χ1v) is 7.76. The monoisotopic (exact) mass is 287 g/mol. The molecule has 3 rings (SSSR count). The second-order valence-corrected chi connectivity index (χ2v) is 5.85. The van der Waals surface area contributed by atoms with Gasteiger partial charge in [-0.05, 0) is 41.3 Å². The van der Waals surface area contributed by atoms with Gasteiger partial charge in [0.25, 0.3) is 0 Å². The molecule has 2 aromatic heterocycles. The van der Waals surface area contributed by atoms with E-state index in [9.17, 15) is 4.79 Å². The number of carbonyl (C=O) groups excluding carboxylic acids is 1. The molecule has 20 heavy (non-hydrogen) atoms. The minimum Gasteiger partial charge on any atom is -0.342 e. The van der Waals surface area contributed by atoms with Crippen LogP contribution < -0.4 is 0 Å². The van der Waals surface area contributed by atoms with E-state index < -0.39 is 0 Å². The highest BCUT2D eigenvalue weighted by Crippen LogP contribution is 2.17. The van der Waals surface area contributed by atoms with E-state index in [4.69, 9.17) is 0 Å². The average molecular weight is 287 g/mol. The lowest BCUT2D eigenvalue weighted by atomic mass is 10.1. The van der Waals surface area contributed by atoms with Gasteiger partial charge < -0.3 is 4.90 Å². The van der Waals surface area contributed by atoms with E-state index in [0.29, 0.717) is 6.42 Å². The molecule has 0 bridgehead atoms. The van der Waals surface area contributed by atoms with Crippen molar-refractivity contribution in [2.24, 2.45) is 0 Å². The van der Waals surface area contributed by atoms with Gasteiger partial charge in [0.15, 0.2) is 0 Å². The van der Waals surface area contributed by atoms with Crippen LogP contribution in [-0.4, -0.2) is 33.9 Å². The van der Waals surface area contributed by atoms with E-state index >= 15 is 0 Å². The molecule has 0 fully saturated rings. The molecular formula is C15H17N3OS. The summed E-state index contributed by atoms with van der Waals surface area (Å²) < 4.78 is 0. The Kier molecular flexibility index (Phi) is 3.78. The normalized spacial score (nSPS) is 14.8. The summed E-state index contributed by atoms with van der Waals surface area (Å²) in [7, 11) is 0. The molecule has 1 aliphatic rings. The van der Waals surface area contributed by atoms with Gasteiger partial charge in [0.2, 0.25) is 5.91 Å². The van der Waals surface area contributed by atoms with Crippen LogP contribution >= 0.6 is 11.3 Å². The van der Waals surface area contributed by atoms with E-state index in [1.807, 2.05) is 28.7 Å². The third kappa shape index (κ3) is 2.72. The van der Waals surface area contributed by atoms with Crippen molar-refractivity contribution < 1.29 is 4.79 Å². The molecule has 0 aromatic carbocycles. The fourth-order valence-electron chi connectivity index (χ4n) is 2.62. The van der Waals surface area contributed by atoms with Crippen molar-refractivity contribution >= 4 is 17.2 Å². The summed E-state index contributed by atoms with van der Waals surface area (Å²) in [6.07, 6.45) is 3.81. The average Bonchev–Trinajstić information content (AvgIpc) is 2.83. The van der Waals surface area contributed by atoms with Gasteiger partial charge in [-0.3, -0.25) is 4.79 Å². The van der Waals surface area contributed by atoms with Crippen molar-refractivity contribution in [3.63, 3.8) is 0 Å². The molecule has 0 aliphatic carbocycles. The first-order valence-electron chi connectivity index (χ1n) is 6.82. The van der Waals surface area contributed by atoms with Crippen LogP contribution in [0.2, 0.25) is 0 Å². The summed E-state index contributed by atoms with van der Waals surface area (Å²) in [5.74, 6) is 0.210. The minimum atomic E-state index is 0.210. The summed E-state index contributed by atoms with van der Waals surface area (Å²) in [5.41, 5.74) is 4.47. The highest BCUT2D eigenvalue weighted by atomic mass is 32.1. The van der Waals surface area contributed by atoms with Crippen LogP contribution in [-0.2, 0) is 24.1 Å². The zero-order valence-electron chi connectivity index (χ0n) is 11.5. The zero-order chi connectivity index (χ0) is 13.9. The van der Waals surface area contributed by atoms with Gasteiger partial charge in [-0.2, -0.15) is 11.3 Å². The predicted octanol–water partition coefficient (Wildman–Crippen LogP) is 2.02. The van der Waals surface area contributed by atoms with Gasteiger partial charge in [0.1, 0.15) is 6.33 Å². The molecule has 0 radical (unpaired) electrons. The molecule has 4 nitrogen and oxygen atoms in total. The Morgan fingerprint density at radius 1 is 1.35 bits per heavy atom. The maximum Gasteiger partial charge on any atom is 0.227 e. The number of thiophene rings is 1. The third-order valence-electron chi connectivity index (χ3n) is 3.79. The third-order valence-corrected chi connectivity index (χ3v) is 4.52. The molecule has 0 spiro atoms. The summed E-state index contributed by atoms with van der Waals surface area (Å²) in [5, 5.41) is 4.06. The number of rotatable bonds is 2. The number of carbonyl (C=O) groups is 1. The second-order valence-electron chi connectivity index (χ2n) is 5.07. The number of amides is 1. The van der Waals surface area contributed by atoms with Gasteiger partial charge in [-0.15, -0.1) is 0 Å². The van der Waals surface area contributed by atoms with Crippen LogP contribution in [0.4, 0.5) is 0 Å². The van der Waals surface area contributed by atoms with Crippen molar-refractivity contribution in [1.29, 1.82) is 0 Å². The summed E-state index contributed by atoms with van der Waals surface area (Å²) in [6, 6.07) is 2.02. The van der Waals surface area contributed by atoms with E-state index in [2.05, 4.69) is 9.97 Å². The molecule has 0 unspecified atom stereocenters. The Morgan fingerprint density at radius 3 is 3.00 bits per heavy atom. The lowest BCUT2D eigenvalue weighted by Crippen LogP contribution is -2.34. The molecule has 0 N–H and O–H groups in total. The van der Waals surface area contributed by atoms with Crippen molar-refractivity contribution in [3.05, 3.63) is 45.7 Å². The highest BCUT2D eigenvalue weighted by Gasteiger charge is 2.20. The first-order chi connectivity index (χ1) is 9.74. The first kappa shape index (κ1) is 13.2. The fraction of sp³-hybridized carbons (Fsp3) is 0.400. The summed E-state index contributed by atoms with van der Waals surface area (Å²) >= 11 is 1.64. The lowest BCUT2D eigenvalue weighted by molar-refractivity contribution is -0.130. The van der Waals surface area contributed by atoms with E-state index in [-0.39, 0.29) is 5.91 Å². The highest BCUT2D eigenvalue weighted by molar-refractivity contribution is 7.07. The predicted molar refractivity (Wildman–Crippen MR) is 78.8 cm³/mol. The van der Waals surface area contributed by atoms with Crippen LogP contribution in [0.15, 0.2) is 23.2 Å². The number of fused-ring (bicyclic) bond motifs is 1. The van der Waals surface area contributed by atoms with Gasteiger partial charge in [0.05, 0.1) is 6.42 Å². The lowest BCUT2D eigenvalue weighted by Gasteiger charge is -2.19. The van der Waals surface area contributed by atoms with Gasteiger partial charge in [-0.1, -0.05) is 0 Å². The van der Waals surface area contributed by atoms with E-state index in [0.717, 1.165) is 42.9 Å². The molecule has 1 amide bonds. The zero-order valence-corrected chi connectivity index (χ0v) is 12.3. The van der Waals surface area contributed by atoms with Crippen LogP contribution in [0, 0.1) is 6.92 Å². The molecule has 104 valence electrons. The van der Waals surface area contributed by atoms with Gasteiger partial charge >= 0.3 is 0 Å². The van der Waals surface area contributed by atoms with Gasteiger partial charge in [-0.25, -0.2) is 9.97 Å². The number of aromatic nitrogens is 2. The largest absolute Gasteiger partial charge is 0.342 e. The number of hydrogen-bond donors (Lipinski definition) is 0. The van der Waals surface area contributed by atoms with Crippen molar-refractivity contribution in [2.75, 3.05) is 13.1 Å². The molecule has 0 atom stereocenters. The van der Waals surface area contributed by atoms with Crippen molar-refractivity contribution in [1.82, 2.24) is 14.9 Å². The Labute approximate surface area is 122 Å². The smallest absolute Gasteiger partial charge is 0.227 e. The molecule has 0 saturated carbocycles. The molecule has 2 aromatic rings. The van der Waals surface area contributed by atoms with Gasteiger partial charge in [0, 0.05) is 30.9 Å². The quantitative estimate of drug-likeness (QED) is 0.849. The van der Waals surface area contributed by atoms with E-state index in [1.165, 1.54) is 5.56 Å². The molecule has 0 saturated heterocycles. The fourth-order valence-corrected chi connectivity index (χ4v) is 3.29. The standard InChI is InChI=1S/C15H17N3OS/c1-11-13-2-5-18(6-3-14(13)17-10-16-11)15(19)8-12-4-7-20-9-12/h4,7,9-10H,2-3,5-6,8H2,1H3. The Balaban J connectivity index is 1.70. The molecular weight excluding hydrogens is 270 g/mol. The number of hydrogen-bond acceptors (Lipinski definition) is 4. The summed E-state index contributed by atoms with van der Waals surface area (Å²) in [4.78, 5) is 22.9. The van der Waals surface area contributed by atoms with Crippen LogP contribution in [0.5, 0.6) is 0 Å². The maximum atomic E-state index is 12.3. The Hall–Kier alpha value is -1.75. The van der Waals surface area contributed by atoms with Crippen LogP contribution in [0.25, 0.3) is 0 Å².